The molecule has 4 rings (SSSR count). The van der Waals surface area contributed by atoms with Crippen LogP contribution in [0.3, 0.4) is 0 Å². The van der Waals surface area contributed by atoms with Crippen LogP contribution in [0.15, 0.2) is 71.6 Å². The van der Waals surface area contributed by atoms with E-state index in [0.29, 0.717) is 24.5 Å². The van der Waals surface area contributed by atoms with Crippen LogP contribution in [0.5, 0.6) is 17.2 Å². The minimum Gasteiger partial charge on any atom is -0.494 e. The summed E-state index contributed by atoms with van der Waals surface area (Å²) < 4.78 is 46.1. The molecule has 0 saturated heterocycles. The molecule has 11 heteroatoms. The van der Waals surface area contributed by atoms with Crippen molar-refractivity contribution in [3.8, 4) is 17.2 Å². The first-order chi connectivity index (χ1) is 22.6. The Morgan fingerprint density at radius 1 is 0.915 bits per heavy atom. The van der Waals surface area contributed by atoms with Gasteiger partial charge in [-0.1, -0.05) is 56.0 Å². The largest absolute Gasteiger partial charge is 0.494 e. The monoisotopic (exact) mass is 665 g/mol. The lowest BCUT2D eigenvalue weighted by atomic mass is 9.95. The van der Waals surface area contributed by atoms with Gasteiger partial charge in [0.05, 0.1) is 31.4 Å². The van der Waals surface area contributed by atoms with E-state index in [4.69, 9.17) is 14.2 Å². The number of hydrogen-bond acceptors (Lipinski definition) is 7. The number of methoxy groups -OCH3 is 2. The Morgan fingerprint density at radius 3 is 2.23 bits per heavy atom. The Labute approximate surface area is 279 Å². The zero-order valence-electron chi connectivity index (χ0n) is 28.0. The lowest BCUT2D eigenvalue weighted by Crippen LogP contribution is -2.54. The quantitative estimate of drug-likeness (QED) is 0.216. The van der Waals surface area contributed by atoms with E-state index in [-0.39, 0.29) is 34.8 Å². The number of rotatable bonds is 15. The number of carbonyl (C=O) groups is 2. The lowest BCUT2D eigenvalue weighted by molar-refractivity contribution is -0.140. The van der Waals surface area contributed by atoms with E-state index in [2.05, 4.69) is 5.32 Å². The average Bonchev–Trinajstić information content (AvgIpc) is 3.07. The molecule has 10 nitrogen and oxygen atoms in total. The summed E-state index contributed by atoms with van der Waals surface area (Å²) in [6, 6.07) is 17.9. The van der Waals surface area contributed by atoms with Gasteiger partial charge in [-0.05, 0) is 75.1 Å². The number of nitrogens with zero attached hydrogens (tertiary/aromatic N) is 2. The fourth-order valence-corrected chi connectivity index (χ4v) is 7.41. The van der Waals surface area contributed by atoms with Crippen LogP contribution in [0.4, 0.5) is 5.69 Å². The topological polar surface area (TPSA) is 114 Å². The van der Waals surface area contributed by atoms with Crippen molar-refractivity contribution in [2.75, 3.05) is 31.7 Å². The Hall–Kier alpha value is -4.25. The summed E-state index contributed by atoms with van der Waals surface area (Å²) in [4.78, 5) is 29.7. The summed E-state index contributed by atoms with van der Waals surface area (Å²) in [5.41, 5.74) is 2.13. The third-order valence-corrected chi connectivity index (χ3v) is 10.2. The molecule has 0 heterocycles. The van der Waals surface area contributed by atoms with Crippen molar-refractivity contribution in [1.82, 2.24) is 10.2 Å². The molecule has 1 atom stereocenters. The first kappa shape index (κ1) is 35.6. The van der Waals surface area contributed by atoms with Crippen LogP contribution in [-0.4, -0.2) is 64.6 Å². The predicted molar refractivity (Wildman–Crippen MR) is 183 cm³/mol. The van der Waals surface area contributed by atoms with Crippen LogP contribution in [0.1, 0.15) is 63.5 Å². The van der Waals surface area contributed by atoms with Crippen LogP contribution < -0.4 is 23.8 Å². The van der Waals surface area contributed by atoms with Gasteiger partial charge in [-0.15, -0.1) is 0 Å². The van der Waals surface area contributed by atoms with E-state index in [1.807, 2.05) is 45.0 Å². The van der Waals surface area contributed by atoms with Crippen molar-refractivity contribution in [2.24, 2.45) is 0 Å². The SMILES string of the molecule is CCOc1ccc(N(CC(=O)N(Cc2cccc(C)c2)[C@@H](CC)C(=O)NC2CCCCC2)S(=O)(=O)c2ccc(OC)c(OC)c2)cc1. The molecular weight excluding hydrogens is 618 g/mol. The Balaban J connectivity index is 1.74. The summed E-state index contributed by atoms with van der Waals surface area (Å²) in [6.07, 6.45) is 5.43. The van der Waals surface area contributed by atoms with Gasteiger partial charge in [0, 0.05) is 18.7 Å². The number of nitrogens with one attached hydrogen (secondary N) is 1. The van der Waals surface area contributed by atoms with Gasteiger partial charge in [-0.25, -0.2) is 8.42 Å². The Bertz CT molecular complexity index is 1610. The fraction of sp³-hybridized carbons (Fsp3) is 0.444. The van der Waals surface area contributed by atoms with Crippen LogP contribution >= 0.6 is 0 Å². The molecule has 2 amide bonds. The molecule has 1 aliphatic rings. The van der Waals surface area contributed by atoms with Gasteiger partial charge in [-0.3, -0.25) is 13.9 Å². The average molecular weight is 666 g/mol. The summed E-state index contributed by atoms with van der Waals surface area (Å²) in [5, 5.41) is 3.18. The number of sulfonamides is 1. The van der Waals surface area contributed by atoms with Gasteiger partial charge in [-0.2, -0.15) is 0 Å². The highest BCUT2D eigenvalue weighted by Crippen LogP contribution is 2.33. The molecule has 0 aliphatic heterocycles. The van der Waals surface area contributed by atoms with E-state index in [9.17, 15) is 18.0 Å². The number of ether oxygens (including phenoxy) is 3. The summed E-state index contributed by atoms with van der Waals surface area (Å²) in [5.74, 6) is 0.440. The second-order valence-corrected chi connectivity index (χ2v) is 13.6. The van der Waals surface area contributed by atoms with Gasteiger partial charge < -0.3 is 24.4 Å². The molecule has 1 N–H and O–H groups in total. The zero-order chi connectivity index (χ0) is 34.0. The molecule has 0 unspecified atom stereocenters. The molecule has 0 spiro atoms. The van der Waals surface area contributed by atoms with Crippen LogP contribution in [0, 0.1) is 6.92 Å². The highest BCUT2D eigenvalue weighted by atomic mass is 32.2. The second-order valence-electron chi connectivity index (χ2n) is 11.7. The van der Waals surface area contributed by atoms with E-state index in [1.165, 1.54) is 37.3 Å². The van der Waals surface area contributed by atoms with Crippen LogP contribution in [0.25, 0.3) is 0 Å². The lowest BCUT2D eigenvalue weighted by Gasteiger charge is -2.34. The number of benzene rings is 3. The summed E-state index contributed by atoms with van der Waals surface area (Å²) >= 11 is 0. The maximum atomic E-state index is 14.5. The second kappa shape index (κ2) is 16.5. The van der Waals surface area contributed by atoms with E-state index in [0.717, 1.165) is 47.5 Å². The molecule has 1 saturated carbocycles. The third kappa shape index (κ3) is 8.97. The first-order valence-electron chi connectivity index (χ1n) is 16.2. The molecule has 1 fully saturated rings. The summed E-state index contributed by atoms with van der Waals surface area (Å²) in [7, 11) is -1.42. The van der Waals surface area contributed by atoms with Crippen molar-refractivity contribution < 1.29 is 32.2 Å². The number of anilines is 1. The minimum atomic E-state index is -4.31. The van der Waals surface area contributed by atoms with Crippen molar-refractivity contribution in [3.05, 3.63) is 77.9 Å². The standard InChI is InChI=1S/C36H47N3O7S/c1-6-32(36(41)37-28-14-9-8-10-15-28)38(24-27-13-11-12-26(3)22-27)35(40)25-39(29-16-18-30(19-17-29)46-7-2)47(42,43)31-20-21-33(44-4)34(23-31)45-5/h11-13,16-23,28,32H,6-10,14-15,24-25H2,1-5H3,(H,37,41)/t32-/m0/s1. The van der Waals surface area contributed by atoms with Gasteiger partial charge in [0.2, 0.25) is 11.8 Å². The van der Waals surface area contributed by atoms with E-state index in [1.54, 1.807) is 24.3 Å². The Kier molecular flexibility index (Phi) is 12.5. The highest BCUT2D eigenvalue weighted by Gasteiger charge is 2.35. The molecule has 0 radical (unpaired) electrons. The fourth-order valence-electron chi connectivity index (χ4n) is 5.98. The third-order valence-electron chi connectivity index (χ3n) is 8.43. The Morgan fingerprint density at radius 2 is 1.62 bits per heavy atom. The molecule has 0 aromatic heterocycles. The smallest absolute Gasteiger partial charge is 0.264 e. The van der Waals surface area contributed by atoms with Crippen LogP contribution in [-0.2, 0) is 26.2 Å². The van der Waals surface area contributed by atoms with Gasteiger partial charge >= 0.3 is 0 Å². The normalized spacial score (nSPS) is 14.1. The molecule has 254 valence electrons. The van der Waals surface area contributed by atoms with E-state index < -0.39 is 28.5 Å². The van der Waals surface area contributed by atoms with Crippen molar-refractivity contribution in [1.29, 1.82) is 0 Å². The molecule has 3 aromatic rings. The maximum absolute atomic E-state index is 14.5. The summed E-state index contributed by atoms with van der Waals surface area (Å²) in [6.45, 7) is 5.74. The van der Waals surface area contributed by atoms with Crippen molar-refractivity contribution in [3.63, 3.8) is 0 Å². The van der Waals surface area contributed by atoms with Gasteiger partial charge in [0.15, 0.2) is 11.5 Å². The van der Waals surface area contributed by atoms with Crippen molar-refractivity contribution >= 4 is 27.5 Å². The molecule has 0 bridgehead atoms. The van der Waals surface area contributed by atoms with Gasteiger partial charge in [0.1, 0.15) is 18.3 Å². The maximum Gasteiger partial charge on any atom is 0.264 e. The minimum absolute atomic E-state index is 0.0620. The van der Waals surface area contributed by atoms with Crippen LogP contribution in [0.2, 0.25) is 0 Å². The number of aryl methyl sites for hydroxylation is 1. The molecular formula is C36H47N3O7S. The highest BCUT2D eigenvalue weighted by molar-refractivity contribution is 7.92. The zero-order valence-corrected chi connectivity index (χ0v) is 28.8. The predicted octanol–water partition coefficient (Wildman–Crippen LogP) is 5.86. The molecule has 47 heavy (non-hydrogen) atoms. The molecule has 3 aromatic carbocycles. The number of carbonyl (C=O) groups excluding carboxylic acids is 2. The van der Waals surface area contributed by atoms with Gasteiger partial charge in [0.25, 0.3) is 10.0 Å². The first-order valence-corrected chi connectivity index (χ1v) is 17.7. The van der Waals surface area contributed by atoms with Crippen molar-refractivity contribution in [2.45, 2.75) is 82.8 Å². The van der Waals surface area contributed by atoms with E-state index >= 15 is 0 Å². The number of amides is 2. The molecule has 1 aliphatic carbocycles. The number of hydrogen-bond donors (Lipinski definition) is 1.